The molecule has 0 aliphatic heterocycles. The predicted octanol–water partition coefficient (Wildman–Crippen LogP) is 9.02. The number of anilines is 1. The van der Waals surface area contributed by atoms with Gasteiger partial charge in [-0.3, -0.25) is 4.98 Å². The molecule has 0 saturated carbocycles. The lowest BCUT2D eigenvalue weighted by atomic mass is 9.87. The number of hydrogen-bond donors (Lipinski definition) is 1. The molecule has 1 aromatic heterocycles. The Hall–Kier alpha value is -3.08. The summed E-state index contributed by atoms with van der Waals surface area (Å²) in [6.45, 7) is 8.76. The highest BCUT2D eigenvalue weighted by Crippen LogP contribution is 2.39. The summed E-state index contributed by atoms with van der Waals surface area (Å²) in [5.41, 5.74) is 5.66. The molecule has 1 aliphatic carbocycles. The van der Waals surface area contributed by atoms with Crippen molar-refractivity contribution in [1.29, 1.82) is 0 Å². The molecule has 2 nitrogen and oxygen atoms in total. The molecule has 35 heavy (non-hydrogen) atoms. The average molecular weight is 479 g/mol. The molecule has 4 rings (SSSR count). The van der Waals surface area contributed by atoms with Crippen molar-refractivity contribution < 1.29 is 13.2 Å². The van der Waals surface area contributed by atoms with Crippen LogP contribution in [0.5, 0.6) is 0 Å². The zero-order valence-electron chi connectivity index (χ0n) is 20.5. The smallest absolute Gasteiger partial charge is 0.355 e. The van der Waals surface area contributed by atoms with Crippen LogP contribution >= 0.6 is 0 Å². The third-order valence-electron chi connectivity index (χ3n) is 6.95. The first-order valence-corrected chi connectivity index (χ1v) is 12.6. The molecule has 0 spiro atoms. The van der Waals surface area contributed by atoms with E-state index in [1.54, 1.807) is 12.1 Å². The Labute approximate surface area is 206 Å². The van der Waals surface area contributed by atoms with Crippen LogP contribution in [0.15, 0.2) is 61.2 Å². The van der Waals surface area contributed by atoms with E-state index in [1.807, 2.05) is 6.07 Å². The third-order valence-corrected chi connectivity index (χ3v) is 6.95. The number of hydrogen-bond acceptors (Lipinski definition) is 2. The average Bonchev–Trinajstić information content (AvgIpc) is 2.86. The molecule has 0 bridgehead atoms. The first-order chi connectivity index (χ1) is 16.8. The van der Waals surface area contributed by atoms with Gasteiger partial charge in [0.1, 0.15) is 0 Å². The minimum absolute atomic E-state index is 0.108. The Morgan fingerprint density at radius 3 is 2.49 bits per heavy atom. The van der Waals surface area contributed by atoms with Gasteiger partial charge in [0.05, 0.1) is 11.3 Å². The number of alkyl halides is 3. The Bertz CT molecular complexity index is 1200. The predicted molar refractivity (Wildman–Crippen MR) is 138 cm³/mol. The lowest BCUT2D eigenvalue weighted by Crippen LogP contribution is -2.13. The molecule has 1 heterocycles. The monoisotopic (exact) mass is 478 g/mol. The molecular formula is C30H33F3N2. The quantitative estimate of drug-likeness (QED) is 0.349. The molecule has 3 aromatic rings. The summed E-state index contributed by atoms with van der Waals surface area (Å²) in [5.74, 6) is 0.440. The van der Waals surface area contributed by atoms with E-state index in [0.29, 0.717) is 11.6 Å². The van der Waals surface area contributed by atoms with Gasteiger partial charge < -0.3 is 5.32 Å². The largest absolute Gasteiger partial charge is 0.417 e. The highest BCUT2D eigenvalue weighted by atomic mass is 19.4. The number of nitrogens with one attached hydrogen (secondary N) is 1. The summed E-state index contributed by atoms with van der Waals surface area (Å²) in [5, 5.41) is 3.50. The Balaban J connectivity index is 1.77. The van der Waals surface area contributed by atoms with E-state index in [4.69, 9.17) is 4.98 Å². The lowest BCUT2D eigenvalue weighted by molar-refractivity contribution is -0.137. The Morgan fingerprint density at radius 2 is 1.74 bits per heavy atom. The van der Waals surface area contributed by atoms with E-state index in [1.165, 1.54) is 17.7 Å². The normalized spacial score (nSPS) is 14.3. The second-order valence-electron chi connectivity index (χ2n) is 9.32. The maximum absolute atomic E-state index is 13.8. The van der Waals surface area contributed by atoms with Gasteiger partial charge in [0.25, 0.3) is 0 Å². The van der Waals surface area contributed by atoms with Gasteiger partial charge in [0.2, 0.25) is 0 Å². The minimum atomic E-state index is -4.45. The zero-order chi connectivity index (χ0) is 25.0. The minimum Gasteiger partial charge on any atom is -0.355 e. The lowest BCUT2D eigenvalue weighted by Gasteiger charge is -2.24. The van der Waals surface area contributed by atoms with Gasteiger partial charge in [-0.05, 0) is 67.7 Å². The fourth-order valence-electron chi connectivity index (χ4n) is 5.19. The summed E-state index contributed by atoms with van der Waals surface area (Å²) in [7, 11) is 0. The Kier molecular flexibility index (Phi) is 7.63. The molecular weight excluding hydrogens is 445 g/mol. The molecule has 0 fully saturated rings. The fraction of sp³-hybridized carbons (Fsp3) is 0.367. The fourth-order valence-corrected chi connectivity index (χ4v) is 5.19. The molecule has 1 atom stereocenters. The van der Waals surface area contributed by atoms with Crippen LogP contribution in [0.3, 0.4) is 0 Å². The number of halogens is 3. The molecule has 184 valence electrons. The maximum Gasteiger partial charge on any atom is 0.417 e. The van der Waals surface area contributed by atoms with Gasteiger partial charge in [0, 0.05) is 28.2 Å². The van der Waals surface area contributed by atoms with Gasteiger partial charge in [-0.1, -0.05) is 69.3 Å². The molecule has 0 amide bonds. The SMILES string of the molecule is C=C(Nc1cc(-c2ccccc2C(F)(F)F)nc2c1CCCC2)c1ccccc1C(CC)CCC. The van der Waals surface area contributed by atoms with Crippen molar-refractivity contribution in [2.75, 3.05) is 5.32 Å². The van der Waals surface area contributed by atoms with Crippen molar-refractivity contribution in [2.24, 2.45) is 0 Å². The van der Waals surface area contributed by atoms with Crippen molar-refractivity contribution >= 4 is 11.4 Å². The van der Waals surface area contributed by atoms with Gasteiger partial charge >= 0.3 is 6.18 Å². The molecule has 5 heteroatoms. The van der Waals surface area contributed by atoms with E-state index in [-0.39, 0.29) is 5.56 Å². The molecule has 0 saturated heterocycles. The van der Waals surface area contributed by atoms with Crippen LogP contribution < -0.4 is 5.32 Å². The van der Waals surface area contributed by atoms with Crippen LogP contribution in [0.1, 0.15) is 79.8 Å². The maximum atomic E-state index is 13.8. The van der Waals surface area contributed by atoms with Crippen LogP contribution in [0, 0.1) is 0 Å². The number of benzene rings is 2. The van der Waals surface area contributed by atoms with E-state index in [2.05, 4.69) is 43.9 Å². The number of nitrogens with zero attached hydrogens (tertiary/aromatic N) is 1. The molecule has 0 radical (unpaired) electrons. The standard InChI is InChI=1S/C30H33F3N2/c1-4-12-21(5-2)23-14-7-6-13-22(23)20(3)34-29-19-28(35-27-18-11-9-16-25(27)29)24-15-8-10-17-26(24)30(31,32)33/h6-8,10,13-15,17,19,21H,3-5,9,11-12,16,18H2,1-2H3,(H,34,35). The van der Waals surface area contributed by atoms with Crippen LogP contribution in [0.25, 0.3) is 17.0 Å². The van der Waals surface area contributed by atoms with Crippen molar-refractivity contribution in [1.82, 2.24) is 4.98 Å². The van der Waals surface area contributed by atoms with Crippen molar-refractivity contribution in [3.63, 3.8) is 0 Å². The van der Waals surface area contributed by atoms with Gasteiger partial charge in [0.15, 0.2) is 0 Å². The zero-order valence-corrected chi connectivity index (χ0v) is 20.5. The van der Waals surface area contributed by atoms with Gasteiger partial charge in [-0.15, -0.1) is 0 Å². The second-order valence-corrected chi connectivity index (χ2v) is 9.32. The molecule has 2 aromatic carbocycles. The van der Waals surface area contributed by atoms with E-state index in [9.17, 15) is 13.2 Å². The van der Waals surface area contributed by atoms with Crippen molar-refractivity contribution in [3.05, 3.63) is 89.1 Å². The molecule has 1 N–H and O–H groups in total. The summed E-state index contributed by atoms with van der Waals surface area (Å²) < 4.78 is 41.3. The van der Waals surface area contributed by atoms with E-state index >= 15 is 0 Å². The topological polar surface area (TPSA) is 24.9 Å². The summed E-state index contributed by atoms with van der Waals surface area (Å²) in [4.78, 5) is 4.71. The molecule has 1 unspecified atom stereocenters. The first kappa shape index (κ1) is 25.0. The summed E-state index contributed by atoms with van der Waals surface area (Å²) in [6, 6.07) is 15.8. The number of fused-ring (bicyclic) bond motifs is 1. The van der Waals surface area contributed by atoms with Crippen molar-refractivity contribution in [3.8, 4) is 11.3 Å². The highest BCUT2D eigenvalue weighted by molar-refractivity contribution is 5.81. The Morgan fingerprint density at radius 1 is 1.03 bits per heavy atom. The van der Waals surface area contributed by atoms with Crippen LogP contribution in [-0.2, 0) is 19.0 Å². The van der Waals surface area contributed by atoms with Gasteiger partial charge in [-0.25, -0.2) is 0 Å². The summed E-state index contributed by atoms with van der Waals surface area (Å²) >= 11 is 0. The number of rotatable bonds is 8. The number of aryl methyl sites for hydroxylation is 1. The van der Waals surface area contributed by atoms with Gasteiger partial charge in [-0.2, -0.15) is 13.2 Å². The first-order valence-electron chi connectivity index (χ1n) is 12.6. The van der Waals surface area contributed by atoms with E-state index < -0.39 is 11.7 Å². The van der Waals surface area contributed by atoms with Crippen molar-refractivity contribution in [2.45, 2.75) is 70.9 Å². The second kappa shape index (κ2) is 10.7. The van der Waals surface area contributed by atoms with Crippen LogP contribution in [0.4, 0.5) is 18.9 Å². The van der Waals surface area contributed by atoms with E-state index in [0.717, 1.165) is 79.2 Å². The van der Waals surface area contributed by atoms with Crippen LogP contribution in [0.2, 0.25) is 0 Å². The number of pyridine rings is 1. The molecule has 1 aliphatic rings. The third kappa shape index (κ3) is 5.44. The highest BCUT2D eigenvalue weighted by Gasteiger charge is 2.34. The van der Waals surface area contributed by atoms with Crippen LogP contribution in [-0.4, -0.2) is 4.98 Å². The number of aromatic nitrogens is 1. The summed E-state index contributed by atoms with van der Waals surface area (Å²) in [6.07, 6.45) is 2.45.